The molecule has 1 N–H and O–H groups in total. The number of hydrogen-bond acceptors (Lipinski definition) is 3. The highest BCUT2D eigenvalue weighted by Crippen LogP contribution is 2.45. The van der Waals surface area contributed by atoms with Crippen LogP contribution in [0.1, 0.15) is 174 Å². The van der Waals surface area contributed by atoms with Crippen molar-refractivity contribution in [2.24, 2.45) is 0 Å². The van der Waals surface area contributed by atoms with Crippen molar-refractivity contribution in [2.75, 3.05) is 0 Å². The molecule has 8 rings (SSSR count). The lowest BCUT2D eigenvalue weighted by atomic mass is 9.80. The fourth-order valence-corrected chi connectivity index (χ4v) is 8.84. The molecule has 0 fully saturated rings. The van der Waals surface area contributed by atoms with E-state index in [1.54, 1.807) is 6.07 Å². The van der Waals surface area contributed by atoms with E-state index in [4.69, 9.17) is 27.8 Å². The van der Waals surface area contributed by atoms with E-state index in [9.17, 15) is 6.48 Å². The van der Waals surface area contributed by atoms with Gasteiger partial charge >= 0.3 is 0 Å². The molecule has 0 saturated carbocycles. The monoisotopic (exact) mass is 900 g/mol. The number of hydrogen-bond donors (Lipinski definition) is 1. The first-order valence-corrected chi connectivity index (χ1v) is 23.1. The van der Waals surface area contributed by atoms with E-state index in [0.717, 1.165) is 61.3 Å². The van der Waals surface area contributed by atoms with Crippen LogP contribution in [0.5, 0.6) is 5.75 Å². The predicted octanol–water partition coefficient (Wildman–Crippen LogP) is 17.7. The summed E-state index contributed by atoms with van der Waals surface area (Å²) in [7, 11) is 0. The summed E-state index contributed by atoms with van der Waals surface area (Å²) < 4.78 is 123. The molecule has 2 aromatic heterocycles. The largest absolute Gasteiger partial charge is 0.507 e. The van der Waals surface area contributed by atoms with Crippen molar-refractivity contribution in [1.29, 1.82) is 0 Å². The number of aromatic hydroxyl groups is 1. The van der Waals surface area contributed by atoms with Crippen molar-refractivity contribution >= 4 is 11.0 Å². The molecule has 0 aliphatic carbocycles. The highest BCUT2D eigenvalue weighted by molar-refractivity contribution is 5.97. The quantitative estimate of drug-likeness (QED) is 0.157. The van der Waals surface area contributed by atoms with Crippen molar-refractivity contribution in [3.8, 4) is 67.5 Å². The van der Waals surface area contributed by atoms with Crippen LogP contribution < -0.4 is 0 Å². The van der Waals surface area contributed by atoms with Crippen LogP contribution in [-0.4, -0.2) is 19.6 Å². The lowest BCUT2D eigenvalue weighted by Crippen LogP contribution is -2.13. The molecule has 8 aromatic rings. The lowest BCUT2D eigenvalue weighted by molar-refractivity contribution is 0.466. The van der Waals surface area contributed by atoms with Crippen molar-refractivity contribution in [3.05, 3.63) is 167 Å². The molecule has 0 bridgehead atoms. The molecule has 0 unspecified atom stereocenters. The summed E-state index contributed by atoms with van der Waals surface area (Å²) in [6.07, 6.45) is 1.43. The molecule has 67 heavy (non-hydrogen) atoms. The number of para-hydroxylation sites is 1. The summed E-state index contributed by atoms with van der Waals surface area (Å²) >= 11 is 0. The van der Waals surface area contributed by atoms with Crippen molar-refractivity contribution < 1.29 is 24.3 Å². The Balaban J connectivity index is 1.40. The summed E-state index contributed by atoms with van der Waals surface area (Å²) in [6.45, 7) is 13.4. The number of phenolic OH excluding ortho intramolecular Hbond substituents is 1. The van der Waals surface area contributed by atoms with E-state index in [2.05, 4.69) is 116 Å². The Morgan fingerprint density at radius 2 is 1.28 bits per heavy atom. The van der Waals surface area contributed by atoms with Crippen molar-refractivity contribution in [2.45, 2.75) is 138 Å². The molecule has 0 amide bonds. The zero-order valence-electron chi connectivity index (χ0n) is 54.8. The maximum atomic E-state index is 12.4. The maximum absolute atomic E-state index is 12.4. The second kappa shape index (κ2) is 17.8. The first-order valence-electron chi connectivity index (χ1n) is 30.1. The number of aromatic nitrogens is 3. The molecule has 6 aromatic carbocycles. The highest BCUT2D eigenvalue weighted by atomic mass is 16.3. The van der Waals surface area contributed by atoms with Crippen molar-refractivity contribution in [1.82, 2.24) is 14.5 Å². The number of pyridine rings is 1. The minimum Gasteiger partial charge on any atom is -0.507 e. The van der Waals surface area contributed by atoms with Gasteiger partial charge in [-0.3, -0.25) is 9.55 Å². The second-order valence-corrected chi connectivity index (χ2v) is 20.8. The van der Waals surface area contributed by atoms with Gasteiger partial charge in [0.15, 0.2) is 0 Å². The normalized spacial score (nSPS) is 16.3. The molecular formula is C63H71N3O. The fraction of sp³-hybridized carbons (Fsp3) is 0.333. The Hall–Kier alpha value is -6.26. The second-order valence-electron chi connectivity index (χ2n) is 20.8. The van der Waals surface area contributed by atoms with Crippen LogP contribution in [0.15, 0.2) is 133 Å². The van der Waals surface area contributed by atoms with Gasteiger partial charge in [-0.15, -0.1) is 0 Å². The predicted molar refractivity (Wildman–Crippen MR) is 286 cm³/mol. The topological polar surface area (TPSA) is 50.9 Å². The minimum atomic E-state index is -3.81. The molecule has 0 aliphatic heterocycles. The van der Waals surface area contributed by atoms with Gasteiger partial charge in [0.25, 0.3) is 0 Å². The molecule has 0 aliphatic rings. The van der Waals surface area contributed by atoms with E-state index >= 15 is 0 Å². The van der Waals surface area contributed by atoms with Gasteiger partial charge in [-0.2, -0.15) is 0 Å². The number of imidazole rings is 1. The zero-order valence-corrected chi connectivity index (χ0v) is 40.8. The summed E-state index contributed by atoms with van der Waals surface area (Å²) in [5.74, 6) is -0.341. The SMILES string of the molecule is [2H]c1c([2H])c(C(C([2H])([2H])[2H])(C([2H])([2H])[2H])C([2H])([2H])[2H])c([2H])c([2H])c1-c1ccnc(-c2cc(-c3cccc4c3nc(-c3cc(C(C)C)cc(C(C)C)c3O)n4-c3ccc(-c4ccccc4C(C)(C)C)c(C([2H])(C)C)c3)cc(C(C)(C)C)c2)c1. The van der Waals surface area contributed by atoms with Crippen LogP contribution in [0.4, 0.5) is 0 Å². The van der Waals surface area contributed by atoms with Gasteiger partial charge in [-0.1, -0.05) is 182 Å². The van der Waals surface area contributed by atoms with E-state index < -0.39 is 67.0 Å². The molecule has 2 heterocycles. The first-order chi connectivity index (χ1) is 37.2. The molecule has 0 saturated heterocycles. The smallest absolute Gasteiger partial charge is 0.149 e. The third kappa shape index (κ3) is 9.38. The lowest BCUT2D eigenvalue weighted by Gasteiger charge is -2.25. The minimum absolute atomic E-state index is 0.0223. The molecule has 344 valence electrons. The van der Waals surface area contributed by atoms with Crippen LogP contribution in [0.25, 0.3) is 72.7 Å². The Labute approximate surface area is 420 Å². The van der Waals surface area contributed by atoms with E-state index in [1.807, 2.05) is 62.4 Å². The molecule has 0 atom stereocenters. The number of benzene rings is 6. The Kier molecular flexibility index (Phi) is 8.60. The average Bonchev–Trinajstić information content (AvgIpc) is 2.15. The zero-order chi connectivity index (χ0) is 60.2. The number of fused-ring (bicyclic) bond motifs is 1. The van der Waals surface area contributed by atoms with Gasteiger partial charge in [0, 0.05) is 36.7 Å². The van der Waals surface area contributed by atoms with Crippen LogP contribution in [0.2, 0.25) is 0 Å². The summed E-state index contributed by atoms with van der Waals surface area (Å²) in [6, 6.07) is 29.8. The maximum Gasteiger partial charge on any atom is 0.149 e. The van der Waals surface area contributed by atoms with Crippen LogP contribution in [-0.2, 0) is 16.2 Å². The molecule has 0 radical (unpaired) electrons. The van der Waals surface area contributed by atoms with Gasteiger partial charge in [0.1, 0.15) is 11.6 Å². The average molecular weight is 900 g/mol. The summed E-state index contributed by atoms with van der Waals surface area (Å²) in [5.41, 5.74) is 5.96. The third-order valence-electron chi connectivity index (χ3n) is 12.7. The van der Waals surface area contributed by atoms with Gasteiger partial charge < -0.3 is 5.11 Å². The van der Waals surface area contributed by atoms with Gasteiger partial charge in [0.2, 0.25) is 0 Å². The van der Waals surface area contributed by atoms with E-state index in [-0.39, 0.29) is 34.1 Å². The molecule has 0 spiro atoms. The summed E-state index contributed by atoms with van der Waals surface area (Å²) in [4.78, 5) is 10.3. The van der Waals surface area contributed by atoms with Gasteiger partial charge in [-0.25, -0.2) is 4.98 Å². The van der Waals surface area contributed by atoms with Crippen LogP contribution >= 0.6 is 0 Å². The Bertz CT molecular complexity index is 3690. The Morgan fingerprint density at radius 1 is 0.582 bits per heavy atom. The molecule has 4 heteroatoms. The summed E-state index contributed by atoms with van der Waals surface area (Å²) in [5, 5.41) is 12.4. The van der Waals surface area contributed by atoms with E-state index in [0.29, 0.717) is 28.2 Å². The standard InChI is InChI=1S/C63H71N3O/c1-38(2)43-34-53(40(5)6)59(67)54(35-43)60-65-58-49(20-18-22-57(58)66(60)48-27-28-50(52(37-48)39(3)4)51-19-16-17-21-55(51)63(13,14)15)44-31-45(33-47(32-44)62(10,11)12)56-36-42(29-30-64-56)41-23-25-46(26-24-41)61(7,8)9/h16-40,67H,1-15H3/i7D3,8D3,9D3,23D,24D,25D,26D,39D. The number of phenols is 1. The van der Waals surface area contributed by atoms with Crippen LogP contribution in [0, 0.1) is 0 Å². The molecular weight excluding hydrogens is 815 g/mol. The third-order valence-corrected chi connectivity index (χ3v) is 12.7. The number of rotatable bonds is 9. The van der Waals surface area contributed by atoms with Gasteiger partial charge in [-0.05, 0) is 144 Å². The molecule has 4 nitrogen and oxygen atoms in total. The van der Waals surface area contributed by atoms with Gasteiger partial charge in [0.05, 0.1) is 27.8 Å². The first kappa shape index (κ1) is 32.4. The Morgan fingerprint density at radius 3 is 1.94 bits per heavy atom. The van der Waals surface area contributed by atoms with Crippen LogP contribution in [0.3, 0.4) is 0 Å². The highest BCUT2D eigenvalue weighted by Gasteiger charge is 2.27. The number of nitrogens with zero attached hydrogens (tertiary/aromatic N) is 3. The fourth-order valence-electron chi connectivity index (χ4n) is 8.84. The van der Waals surface area contributed by atoms with E-state index in [1.165, 1.54) is 12.3 Å². The van der Waals surface area contributed by atoms with Crippen molar-refractivity contribution in [3.63, 3.8) is 0 Å².